The summed E-state index contributed by atoms with van der Waals surface area (Å²) < 4.78 is 5.49. The van der Waals surface area contributed by atoms with E-state index in [1.807, 2.05) is 6.08 Å². The number of amides is 1. The number of carbonyl (C=O) groups is 2. The van der Waals surface area contributed by atoms with Crippen LogP contribution in [0.2, 0.25) is 0 Å². The van der Waals surface area contributed by atoms with Gasteiger partial charge < -0.3 is 20.3 Å². The third-order valence-electron chi connectivity index (χ3n) is 17.7. The van der Waals surface area contributed by atoms with Gasteiger partial charge in [0, 0.05) is 12.8 Å². The zero-order valence-electron chi connectivity index (χ0n) is 56.2. The lowest BCUT2D eigenvalue weighted by Gasteiger charge is -2.20. The number of aliphatic hydroxyl groups is 2. The highest BCUT2D eigenvalue weighted by Crippen LogP contribution is 2.19. The van der Waals surface area contributed by atoms with E-state index in [0.717, 1.165) is 51.4 Å². The van der Waals surface area contributed by atoms with E-state index in [0.29, 0.717) is 19.4 Å². The lowest BCUT2D eigenvalue weighted by molar-refractivity contribution is -0.143. The van der Waals surface area contributed by atoms with Crippen LogP contribution in [0, 0.1) is 0 Å². The SMILES string of the molecule is CCCCC/C=C\C/C=C\CCCCCCCC(=O)OCCCCCCCCCCCCCCCCCCCCCCCCCCCCCCCCCCCCCC(=O)NC(CO)C(O)/C=C/CCCCCCCCCCCCCCCC. The predicted molar refractivity (Wildman–Crippen MR) is 366 cm³/mol. The first-order valence-electron chi connectivity index (χ1n) is 37.8. The molecule has 2 atom stereocenters. The topological polar surface area (TPSA) is 95.9 Å². The number of nitrogens with one attached hydrogen (secondary N) is 1. The number of rotatable bonds is 71. The second-order valence-electron chi connectivity index (χ2n) is 26.0. The van der Waals surface area contributed by atoms with Crippen molar-refractivity contribution in [2.24, 2.45) is 0 Å². The Hall–Kier alpha value is -1.92. The van der Waals surface area contributed by atoms with Gasteiger partial charge in [0.15, 0.2) is 0 Å². The zero-order valence-corrected chi connectivity index (χ0v) is 56.2. The van der Waals surface area contributed by atoms with Crippen LogP contribution in [0.4, 0.5) is 0 Å². The highest BCUT2D eigenvalue weighted by atomic mass is 16.5. The van der Waals surface area contributed by atoms with Gasteiger partial charge >= 0.3 is 5.97 Å². The average Bonchev–Trinajstić information content (AvgIpc) is 3.49. The van der Waals surface area contributed by atoms with Crippen LogP contribution in [0.25, 0.3) is 0 Å². The van der Waals surface area contributed by atoms with Crippen molar-refractivity contribution in [2.45, 2.75) is 431 Å². The Bertz CT molecular complexity index is 1340. The van der Waals surface area contributed by atoms with E-state index in [1.165, 1.54) is 340 Å². The summed E-state index contributed by atoms with van der Waals surface area (Å²) in [6.07, 6.45) is 94.0. The molecular weight excluding hydrogens is 1020 g/mol. The Balaban J connectivity index is 3.32. The Morgan fingerprint density at radius 2 is 0.602 bits per heavy atom. The van der Waals surface area contributed by atoms with Gasteiger partial charge in [0.2, 0.25) is 5.91 Å². The molecule has 6 heteroatoms. The molecule has 0 aromatic carbocycles. The highest BCUT2D eigenvalue weighted by molar-refractivity contribution is 5.76. The molecule has 0 aromatic heterocycles. The quantitative estimate of drug-likeness (QED) is 0.0320. The molecule has 0 saturated carbocycles. The Morgan fingerprint density at radius 1 is 0.337 bits per heavy atom. The number of esters is 1. The van der Waals surface area contributed by atoms with Crippen LogP contribution in [0.5, 0.6) is 0 Å². The molecule has 2 unspecified atom stereocenters. The predicted octanol–water partition coefficient (Wildman–Crippen LogP) is 24.7. The minimum absolute atomic E-state index is 0.00873. The van der Waals surface area contributed by atoms with Crippen LogP contribution < -0.4 is 5.32 Å². The summed E-state index contributed by atoms with van der Waals surface area (Å²) >= 11 is 0. The molecule has 6 nitrogen and oxygen atoms in total. The van der Waals surface area contributed by atoms with Crippen molar-refractivity contribution in [3.8, 4) is 0 Å². The summed E-state index contributed by atoms with van der Waals surface area (Å²) in [5, 5.41) is 23.2. The molecule has 0 rings (SSSR count). The molecule has 0 fully saturated rings. The molecule has 0 heterocycles. The molecule has 1 amide bonds. The highest BCUT2D eigenvalue weighted by Gasteiger charge is 2.18. The van der Waals surface area contributed by atoms with Crippen molar-refractivity contribution in [3.05, 3.63) is 36.5 Å². The van der Waals surface area contributed by atoms with Crippen molar-refractivity contribution in [1.82, 2.24) is 5.32 Å². The van der Waals surface area contributed by atoms with Crippen molar-refractivity contribution < 1.29 is 24.5 Å². The van der Waals surface area contributed by atoms with E-state index in [-0.39, 0.29) is 18.5 Å². The standard InChI is InChI=1S/C77H147NO5/c1-3-5-7-9-11-13-15-17-19-42-45-49-53-57-61-65-69-75(80)74(73-79)78-76(81)70-66-62-58-54-50-46-43-39-37-35-33-31-29-27-25-23-21-20-22-24-26-28-30-32-34-36-38-40-44-48-52-56-60-64-68-72-83-77(82)71-67-63-59-55-51-47-41-18-16-14-12-10-8-6-4-2/h12,14,18,41,65,69,74-75,79-80H,3-11,13,15-17,19-40,42-64,66-68,70-73H2,1-2H3,(H,78,81)/b14-12-,41-18-,69-65+. The number of hydrogen-bond acceptors (Lipinski definition) is 5. The van der Waals surface area contributed by atoms with Crippen molar-refractivity contribution >= 4 is 11.9 Å². The van der Waals surface area contributed by atoms with Gasteiger partial charge in [0.1, 0.15) is 0 Å². The van der Waals surface area contributed by atoms with E-state index in [9.17, 15) is 19.8 Å². The molecule has 3 N–H and O–H groups in total. The fourth-order valence-electron chi connectivity index (χ4n) is 11.9. The van der Waals surface area contributed by atoms with Gasteiger partial charge in [-0.15, -0.1) is 0 Å². The molecule has 0 aliphatic heterocycles. The molecule has 0 saturated heterocycles. The number of ether oxygens (including phenoxy) is 1. The molecule has 83 heavy (non-hydrogen) atoms. The fourth-order valence-corrected chi connectivity index (χ4v) is 11.9. The van der Waals surface area contributed by atoms with Crippen LogP contribution in [0.15, 0.2) is 36.5 Å². The number of aliphatic hydroxyl groups excluding tert-OH is 2. The second-order valence-corrected chi connectivity index (χ2v) is 26.0. The van der Waals surface area contributed by atoms with Gasteiger partial charge in [0.05, 0.1) is 25.4 Å². The molecule has 0 aliphatic rings. The van der Waals surface area contributed by atoms with Crippen LogP contribution in [0.1, 0.15) is 418 Å². The molecule has 0 spiro atoms. The lowest BCUT2D eigenvalue weighted by Crippen LogP contribution is -2.45. The number of carbonyl (C=O) groups excluding carboxylic acids is 2. The second kappa shape index (κ2) is 72.6. The zero-order chi connectivity index (χ0) is 59.9. The van der Waals surface area contributed by atoms with E-state index >= 15 is 0 Å². The van der Waals surface area contributed by atoms with Gasteiger partial charge in [-0.3, -0.25) is 9.59 Å². The summed E-state index contributed by atoms with van der Waals surface area (Å²) in [6, 6.07) is -0.624. The molecule has 490 valence electrons. The normalized spacial score (nSPS) is 12.7. The maximum absolute atomic E-state index is 12.5. The molecule has 0 bridgehead atoms. The van der Waals surface area contributed by atoms with E-state index in [2.05, 4.69) is 43.5 Å². The summed E-state index contributed by atoms with van der Waals surface area (Å²) in [5.74, 6) is -0.0510. The Labute approximate surface area is 519 Å². The summed E-state index contributed by atoms with van der Waals surface area (Å²) in [4.78, 5) is 24.6. The van der Waals surface area contributed by atoms with Crippen LogP contribution in [0.3, 0.4) is 0 Å². The van der Waals surface area contributed by atoms with E-state index in [4.69, 9.17) is 4.74 Å². The maximum Gasteiger partial charge on any atom is 0.305 e. The fraction of sp³-hybridized carbons (Fsp3) is 0.896. The number of hydrogen-bond donors (Lipinski definition) is 3. The van der Waals surface area contributed by atoms with Gasteiger partial charge in [-0.05, 0) is 64.2 Å². The molecule has 0 radical (unpaired) electrons. The monoisotopic (exact) mass is 1170 g/mol. The van der Waals surface area contributed by atoms with Crippen molar-refractivity contribution in [2.75, 3.05) is 13.2 Å². The van der Waals surface area contributed by atoms with Gasteiger partial charge in [-0.25, -0.2) is 0 Å². The third kappa shape index (κ3) is 69.1. The first kappa shape index (κ1) is 81.1. The average molecular weight is 1170 g/mol. The summed E-state index contributed by atoms with van der Waals surface area (Å²) in [5.41, 5.74) is 0. The largest absolute Gasteiger partial charge is 0.466 e. The van der Waals surface area contributed by atoms with Crippen LogP contribution in [-0.2, 0) is 14.3 Å². The van der Waals surface area contributed by atoms with Gasteiger partial charge in [0.25, 0.3) is 0 Å². The van der Waals surface area contributed by atoms with E-state index < -0.39 is 12.1 Å². The van der Waals surface area contributed by atoms with Crippen molar-refractivity contribution in [1.29, 1.82) is 0 Å². The van der Waals surface area contributed by atoms with Crippen molar-refractivity contribution in [3.63, 3.8) is 0 Å². The molecule has 0 aliphatic carbocycles. The first-order chi connectivity index (χ1) is 41.0. The van der Waals surface area contributed by atoms with E-state index in [1.54, 1.807) is 6.08 Å². The van der Waals surface area contributed by atoms with Gasteiger partial charge in [-0.2, -0.15) is 0 Å². The lowest BCUT2D eigenvalue weighted by atomic mass is 10.0. The van der Waals surface area contributed by atoms with Crippen LogP contribution in [-0.4, -0.2) is 47.4 Å². The summed E-state index contributed by atoms with van der Waals surface area (Å²) in [6.45, 7) is 4.91. The maximum atomic E-state index is 12.5. The number of allylic oxidation sites excluding steroid dienone is 5. The minimum Gasteiger partial charge on any atom is -0.466 e. The summed E-state index contributed by atoms with van der Waals surface area (Å²) in [7, 11) is 0. The third-order valence-corrected chi connectivity index (χ3v) is 17.7. The minimum atomic E-state index is -0.841. The first-order valence-corrected chi connectivity index (χ1v) is 37.8. The molecule has 0 aromatic rings. The Kier molecular flexibility index (Phi) is 70.9. The van der Waals surface area contributed by atoms with Crippen LogP contribution >= 0.6 is 0 Å². The smallest absolute Gasteiger partial charge is 0.305 e. The molecular formula is C77H147NO5. The Morgan fingerprint density at radius 3 is 0.940 bits per heavy atom. The number of unbranched alkanes of at least 4 members (excludes halogenated alkanes) is 56. The van der Waals surface area contributed by atoms with Gasteiger partial charge in [-0.1, -0.05) is 378 Å².